The van der Waals surface area contributed by atoms with E-state index in [9.17, 15) is 0 Å². The molecule has 0 N–H and O–H groups in total. The fourth-order valence-corrected chi connectivity index (χ4v) is 4.98. The quantitative estimate of drug-likeness (QED) is 0.599. The van der Waals surface area contributed by atoms with Gasteiger partial charge in [0.25, 0.3) is 0 Å². The molecule has 13 heavy (non-hydrogen) atoms. The van der Waals surface area contributed by atoms with Crippen LogP contribution in [0.1, 0.15) is 58.3 Å². The van der Waals surface area contributed by atoms with Gasteiger partial charge in [-0.3, -0.25) is 0 Å². The van der Waals surface area contributed by atoms with Gasteiger partial charge in [0.15, 0.2) is 0 Å². The fourth-order valence-electron chi connectivity index (χ4n) is 4.98. The summed E-state index contributed by atoms with van der Waals surface area (Å²) in [4.78, 5) is 0. The Morgan fingerprint density at radius 1 is 1.08 bits per heavy atom. The molecule has 74 valence electrons. The van der Waals surface area contributed by atoms with Crippen molar-refractivity contribution in [2.45, 2.75) is 58.3 Å². The van der Waals surface area contributed by atoms with Gasteiger partial charge in [-0.1, -0.05) is 26.2 Å². The molecule has 0 heterocycles. The van der Waals surface area contributed by atoms with Crippen LogP contribution in [0.2, 0.25) is 0 Å². The molecule has 4 unspecified atom stereocenters. The molecule has 0 aromatic rings. The average molecular weight is 178 g/mol. The molecule has 0 aromatic heterocycles. The van der Waals surface area contributed by atoms with Gasteiger partial charge in [-0.2, -0.15) is 0 Å². The van der Waals surface area contributed by atoms with E-state index in [0.717, 1.165) is 5.41 Å². The van der Waals surface area contributed by atoms with Gasteiger partial charge in [0.1, 0.15) is 0 Å². The summed E-state index contributed by atoms with van der Waals surface area (Å²) in [5, 5.41) is 0. The normalized spacial score (nSPS) is 52.8. The highest BCUT2D eigenvalue weighted by Crippen LogP contribution is 2.73. The van der Waals surface area contributed by atoms with E-state index < -0.39 is 0 Å². The highest BCUT2D eigenvalue weighted by atomic mass is 14.7. The van der Waals surface area contributed by atoms with Crippen LogP contribution in [0.5, 0.6) is 0 Å². The predicted molar refractivity (Wildman–Crippen MR) is 55.5 cm³/mol. The SMILES string of the molecule is CCCC12CCC1C1CCCCC12. The molecule has 3 aliphatic carbocycles. The van der Waals surface area contributed by atoms with Crippen LogP contribution in [-0.4, -0.2) is 0 Å². The second kappa shape index (κ2) is 2.74. The van der Waals surface area contributed by atoms with Crippen LogP contribution >= 0.6 is 0 Å². The first-order valence-corrected chi connectivity index (χ1v) is 6.38. The summed E-state index contributed by atoms with van der Waals surface area (Å²) in [6.07, 6.45) is 12.4. The van der Waals surface area contributed by atoms with E-state index in [1.807, 2.05) is 0 Å². The molecule has 3 saturated carbocycles. The molecule has 3 fully saturated rings. The van der Waals surface area contributed by atoms with E-state index in [2.05, 4.69) is 6.92 Å². The van der Waals surface area contributed by atoms with Crippen molar-refractivity contribution in [3.05, 3.63) is 0 Å². The molecular formula is C13H22. The zero-order valence-corrected chi connectivity index (χ0v) is 8.89. The third kappa shape index (κ3) is 0.877. The first-order chi connectivity index (χ1) is 6.38. The lowest BCUT2D eigenvalue weighted by Gasteiger charge is -2.71. The van der Waals surface area contributed by atoms with Crippen molar-refractivity contribution >= 4 is 0 Å². The van der Waals surface area contributed by atoms with Crippen molar-refractivity contribution in [2.75, 3.05) is 0 Å². The molecule has 0 spiro atoms. The fraction of sp³-hybridized carbons (Fsp3) is 1.00. The van der Waals surface area contributed by atoms with Crippen LogP contribution in [0, 0.1) is 23.2 Å². The summed E-state index contributed by atoms with van der Waals surface area (Å²) < 4.78 is 0. The second-order valence-corrected chi connectivity index (χ2v) is 5.68. The van der Waals surface area contributed by atoms with E-state index in [-0.39, 0.29) is 0 Å². The molecule has 0 nitrogen and oxygen atoms in total. The Morgan fingerprint density at radius 2 is 1.85 bits per heavy atom. The predicted octanol–water partition coefficient (Wildman–Crippen LogP) is 4.00. The van der Waals surface area contributed by atoms with E-state index in [4.69, 9.17) is 0 Å². The molecule has 3 aliphatic rings. The van der Waals surface area contributed by atoms with Crippen molar-refractivity contribution in [2.24, 2.45) is 23.2 Å². The van der Waals surface area contributed by atoms with Gasteiger partial charge in [-0.25, -0.2) is 0 Å². The molecule has 0 saturated heterocycles. The third-order valence-corrected chi connectivity index (χ3v) is 5.45. The van der Waals surface area contributed by atoms with Gasteiger partial charge in [0.2, 0.25) is 0 Å². The third-order valence-electron chi connectivity index (χ3n) is 5.45. The van der Waals surface area contributed by atoms with E-state index >= 15 is 0 Å². The molecule has 0 radical (unpaired) electrons. The Balaban J connectivity index is 1.76. The first-order valence-electron chi connectivity index (χ1n) is 6.38. The average Bonchev–Trinajstić information content (AvgIpc) is 2.14. The maximum absolute atomic E-state index is 2.38. The summed E-state index contributed by atoms with van der Waals surface area (Å²) in [6.45, 7) is 2.38. The van der Waals surface area contributed by atoms with Crippen molar-refractivity contribution < 1.29 is 0 Å². The van der Waals surface area contributed by atoms with Crippen LogP contribution in [0.4, 0.5) is 0 Å². The van der Waals surface area contributed by atoms with E-state index in [1.165, 1.54) is 24.2 Å². The molecule has 0 heteroatoms. The number of hydrogen-bond acceptors (Lipinski definition) is 0. The monoisotopic (exact) mass is 178 g/mol. The summed E-state index contributed by atoms with van der Waals surface area (Å²) >= 11 is 0. The van der Waals surface area contributed by atoms with Gasteiger partial charge in [-0.05, 0) is 55.3 Å². The topological polar surface area (TPSA) is 0 Å². The molecule has 4 atom stereocenters. The van der Waals surface area contributed by atoms with Crippen molar-refractivity contribution in [1.29, 1.82) is 0 Å². The molecule has 0 amide bonds. The Bertz CT molecular complexity index is 208. The minimum Gasteiger partial charge on any atom is -0.0654 e. The van der Waals surface area contributed by atoms with Crippen LogP contribution in [0.25, 0.3) is 0 Å². The minimum atomic E-state index is 0.903. The summed E-state index contributed by atoms with van der Waals surface area (Å²) in [7, 11) is 0. The van der Waals surface area contributed by atoms with Crippen LogP contribution < -0.4 is 0 Å². The molecule has 0 bridgehead atoms. The second-order valence-electron chi connectivity index (χ2n) is 5.68. The summed E-state index contributed by atoms with van der Waals surface area (Å²) in [6, 6.07) is 0. The maximum atomic E-state index is 2.38. The highest BCUT2D eigenvalue weighted by Gasteiger charge is 2.65. The number of rotatable bonds is 2. The van der Waals surface area contributed by atoms with Gasteiger partial charge in [0, 0.05) is 0 Å². The summed E-state index contributed by atoms with van der Waals surface area (Å²) in [5.74, 6) is 3.56. The minimum absolute atomic E-state index is 0.903. The van der Waals surface area contributed by atoms with Crippen molar-refractivity contribution in [3.63, 3.8) is 0 Å². The maximum Gasteiger partial charge on any atom is -0.0235 e. The van der Waals surface area contributed by atoms with Crippen molar-refractivity contribution in [1.82, 2.24) is 0 Å². The Hall–Kier alpha value is 0. The van der Waals surface area contributed by atoms with Gasteiger partial charge in [0.05, 0.1) is 0 Å². The van der Waals surface area contributed by atoms with Gasteiger partial charge < -0.3 is 0 Å². The largest absolute Gasteiger partial charge is 0.0654 e. The molecule has 0 aliphatic heterocycles. The highest BCUT2D eigenvalue weighted by molar-refractivity contribution is 5.14. The summed E-state index contributed by atoms with van der Waals surface area (Å²) in [5.41, 5.74) is 0.903. The van der Waals surface area contributed by atoms with Gasteiger partial charge >= 0.3 is 0 Å². The van der Waals surface area contributed by atoms with Crippen molar-refractivity contribution in [3.8, 4) is 0 Å². The standard InChI is InChI=1S/C13H22/c1-2-8-13-9-7-12(13)10-5-3-4-6-11(10)13/h10-12H,2-9H2,1H3. The van der Waals surface area contributed by atoms with E-state index in [0.29, 0.717) is 0 Å². The van der Waals surface area contributed by atoms with E-state index in [1.54, 1.807) is 44.9 Å². The lowest BCUT2D eigenvalue weighted by atomic mass is 9.34. The van der Waals surface area contributed by atoms with Crippen LogP contribution in [0.3, 0.4) is 0 Å². The molecular weight excluding hydrogens is 156 g/mol. The van der Waals surface area contributed by atoms with Crippen LogP contribution in [0.15, 0.2) is 0 Å². The number of hydrogen-bond donors (Lipinski definition) is 0. The zero-order chi connectivity index (χ0) is 8.89. The molecule has 3 rings (SSSR count). The Kier molecular flexibility index (Phi) is 1.76. The number of fused-ring (bicyclic) bond motifs is 4. The first kappa shape index (κ1) is 8.32. The smallest absolute Gasteiger partial charge is 0.0235 e. The lowest BCUT2D eigenvalue weighted by molar-refractivity contribution is -0.220. The van der Waals surface area contributed by atoms with Crippen LogP contribution in [-0.2, 0) is 0 Å². The Morgan fingerprint density at radius 3 is 2.54 bits per heavy atom. The molecule has 0 aromatic carbocycles. The zero-order valence-electron chi connectivity index (χ0n) is 8.89. The lowest BCUT2D eigenvalue weighted by Crippen LogP contribution is -2.63. The Labute approximate surface area is 82.1 Å². The van der Waals surface area contributed by atoms with Gasteiger partial charge in [-0.15, -0.1) is 0 Å².